The highest BCUT2D eigenvalue weighted by Crippen LogP contribution is 2.23. The van der Waals surface area contributed by atoms with E-state index in [0.717, 1.165) is 38.5 Å². The summed E-state index contributed by atoms with van der Waals surface area (Å²) < 4.78 is 22.1. The number of rotatable bonds is 37. The van der Waals surface area contributed by atoms with Crippen LogP contribution in [-0.4, -0.2) is 89.0 Å². The van der Waals surface area contributed by atoms with Crippen molar-refractivity contribution in [1.29, 1.82) is 0 Å². The van der Waals surface area contributed by atoms with Gasteiger partial charge in [-0.3, -0.25) is 9.59 Å². The smallest absolute Gasteiger partial charge is 0.306 e. The molecular weight excluding hydrogens is 676 g/mol. The minimum Gasteiger partial charge on any atom is -0.462 e. The van der Waals surface area contributed by atoms with Gasteiger partial charge in [-0.25, -0.2) is 0 Å². The Labute approximate surface area is 323 Å². The zero-order valence-corrected chi connectivity index (χ0v) is 34.0. The van der Waals surface area contributed by atoms with E-state index in [1.54, 1.807) is 0 Å². The molecule has 10 heteroatoms. The van der Waals surface area contributed by atoms with Gasteiger partial charge in [0, 0.05) is 12.8 Å². The van der Waals surface area contributed by atoms with Crippen molar-refractivity contribution >= 4 is 11.9 Å². The third-order valence-corrected chi connectivity index (χ3v) is 10.5. The quantitative estimate of drug-likeness (QED) is 0.0357. The Bertz CT molecular complexity index is 840. The Hall–Kier alpha value is -1.30. The molecule has 1 aliphatic heterocycles. The van der Waals surface area contributed by atoms with Gasteiger partial charge < -0.3 is 39.4 Å². The first-order chi connectivity index (χ1) is 25.8. The number of hydrogen-bond acceptors (Lipinski definition) is 10. The van der Waals surface area contributed by atoms with Crippen LogP contribution >= 0.6 is 0 Å². The molecule has 1 fully saturated rings. The predicted molar refractivity (Wildman–Crippen MR) is 210 cm³/mol. The molecule has 1 saturated heterocycles. The van der Waals surface area contributed by atoms with E-state index >= 15 is 0 Å². The maximum absolute atomic E-state index is 12.7. The second kappa shape index (κ2) is 35.1. The number of hydrogen-bond donors (Lipinski definition) is 4. The lowest BCUT2D eigenvalue weighted by Crippen LogP contribution is -2.59. The van der Waals surface area contributed by atoms with Gasteiger partial charge in [-0.05, 0) is 12.8 Å². The van der Waals surface area contributed by atoms with Crippen LogP contribution in [-0.2, 0) is 28.5 Å². The molecule has 0 amide bonds. The van der Waals surface area contributed by atoms with E-state index in [4.69, 9.17) is 18.9 Å². The third-order valence-electron chi connectivity index (χ3n) is 10.5. The van der Waals surface area contributed by atoms with Crippen LogP contribution in [0.15, 0.2) is 0 Å². The van der Waals surface area contributed by atoms with Crippen molar-refractivity contribution in [3.63, 3.8) is 0 Å². The van der Waals surface area contributed by atoms with Crippen LogP contribution in [0.1, 0.15) is 206 Å². The van der Waals surface area contributed by atoms with Gasteiger partial charge in [-0.1, -0.05) is 181 Å². The summed E-state index contributed by atoms with van der Waals surface area (Å²) in [6.07, 6.45) is 26.8. The average molecular weight is 759 g/mol. The molecule has 0 spiro atoms. The predicted octanol–water partition coefficient (Wildman–Crippen LogP) is 9.00. The Balaban J connectivity index is 2.32. The average Bonchev–Trinajstić information content (AvgIpc) is 3.15. The first kappa shape index (κ1) is 49.7. The maximum atomic E-state index is 12.7. The molecule has 1 heterocycles. The summed E-state index contributed by atoms with van der Waals surface area (Å²) >= 11 is 0. The molecule has 0 radical (unpaired) electrons. The topological polar surface area (TPSA) is 152 Å². The van der Waals surface area contributed by atoms with Gasteiger partial charge in [-0.2, -0.15) is 0 Å². The number of unbranched alkanes of at least 4 members (excludes halogenated alkanes) is 26. The first-order valence-electron chi connectivity index (χ1n) is 22.1. The van der Waals surface area contributed by atoms with Crippen LogP contribution in [0.2, 0.25) is 0 Å². The number of aliphatic hydroxyl groups is 4. The zero-order valence-electron chi connectivity index (χ0n) is 34.0. The van der Waals surface area contributed by atoms with Crippen LogP contribution in [0.5, 0.6) is 0 Å². The molecule has 1 aliphatic rings. The highest BCUT2D eigenvalue weighted by molar-refractivity contribution is 5.70. The molecule has 0 bridgehead atoms. The van der Waals surface area contributed by atoms with Crippen LogP contribution in [0, 0.1) is 0 Å². The molecular formula is C43H82O10. The third kappa shape index (κ3) is 27.0. The summed E-state index contributed by atoms with van der Waals surface area (Å²) in [6, 6.07) is 0. The van der Waals surface area contributed by atoms with Gasteiger partial charge in [0.25, 0.3) is 0 Å². The molecule has 0 aromatic carbocycles. The van der Waals surface area contributed by atoms with Gasteiger partial charge in [0.1, 0.15) is 31.0 Å². The number of carbonyl (C=O) groups excluding carboxylic acids is 2. The van der Waals surface area contributed by atoms with Crippen molar-refractivity contribution in [3.8, 4) is 0 Å². The van der Waals surface area contributed by atoms with Gasteiger partial charge in [0.2, 0.25) is 0 Å². The SMILES string of the molecule is CCCCCCCCCCCCCCCCCCC(=O)OC(COC(=O)CCCCCCCCCCCCCC)COC1OC(CO)C(O)C(O)C1O. The standard InChI is InChI=1S/C43H82O10/c1-3-5-7-9-11-13-15-17-18-19-20-22-24-26-28-30-32-39(46)52-36(35-51-43-42(49)41(48)40(47)37(33-44)53-43)34-50-38(45)31-29-27-25-23-21-16-14-12-10-8-6-4-2/h36-37,40-44,47-49H,3-35H2,1-2H3. The van der Waals surface area contributed by atoms with Crippen molar-refractivity contribution in [2.75, 3.05) is 19.8 Å². The van der Waals surface area contributed by atoms with E-state index in [1.165, 1.54) is 135 Å². The van der Waals surface area contributed by atoms with Crippen LogP contribution < -0.4 is 0 Å². The number of aliphatic hydroxyl groups excluding tert-OH is 4. The summed E-state index contributed by atoms with van der Waals surface area (Å²) in [7, 11) is 0. The molecule has 10 nitrogen and oxygen atoms in total. The fourth-order valence-electron chi connectivity index (χ4n) is 6.95. The molecule has 1 rings (SSSR count). The minimum atomic E-state index is -1.59. The van der Waals surface area contributed by atoms with E-state index < -0.39 is 49.4 Å². The van der Waals surface area contributed by atoms with Gasteiger partial charge in [0.05, 0.1) is 13.2 Å². The van der Waals surface area contributed by atoms with Crippen molar-refractivity contribution < 1.29 is 49.0 Å². The summed E-state index contributed by atoms with van der Waals surface area (Å²) in [5, 5.41) is 40.0. The summed E-state index contributed by atoms with van der Waals surface area (Å²) in [4.78, 5) is 25.3. The van der Waals surface area contributed by atoms with Gasteiger partial charge in [-0.15, -0.1) is 0 Å². The fraction of sp³-hybridized carbons (Fsp3) is 0.953. The van der Waals surface area contributed by atoms with E-state index in [1.807, 2.05) is 0 Å². The fourth-order valence-corrected chi connectivity index (χ4v) is 6.95. The Morgan fingerprint density at radius 2 is 0.887 bits per heavy atom. The van der Waals surface area contributed by atoms with Crippen LogP contribution in [0.4, 0.5) is 0 Å². The van der Waals surface area contributed by atoms with E-state index in [9.17, 15) is 30.0 Å². The molecule has 314 valence electrons. The molecule has 0 aromatic rings. The molecule has 0 aliphatic carbocycles. The highest BCUT2D eigenvalue weighted by atomic mass is 16.7. The van der Waals surface area contributed by atoms with E-state index in [-0.39, 0.29) is 32.0 Å². The Morgan fingerprint density at radius 3 is 1.28 bits per heavy atom. The number of carbonyl (C=O) groups is 2. The number of ether oxygens (including phenoxy) is 4. The lowest BCUT2D eigenvalue weighted by atomic mass is 9.99. The van der Waals surface area contributed by atoms with E-state index in [2.05, 4.69) is 13.8 Å². The van der Waals surface area contributed by atoms with Crippen molar-refractivity contribution in [2.45, 2.75) is 243 Å². The second-order valence-electron chi connectivity index (χ2n) is 15.5. The molecule has 6 atom stereocenters. The zero-order chi connectivity index (χ0) is 38.8. The van der Waals surface area contributed by atoms with Crippen molar-refractivity contribution in [2.24, 2.45) is 0 Å². The lowest BCUT2D eigenvalue weighted by Gasteiger charge is -2.39. The molecule has 6 unspecified atom stereocenters. The van der Waals surface area contributed by atoms with Crippen molar-refractivity contribution in [1.82, 2.24) is 0 Å². The van der Waals surface area contributed by atoms with E-state index in [0.29, 0.717) is 6.42 Å². The Morgan fingerprint density at radius 1 is 0.509 bits per heavy atom. The van der Waals surface area contributed by atoms with Gasteiger partial charge in [0.15, 0.2) is 12.4 Å². The highest BCUT2D eigenvalue weighted by Gasteiger charge is 2.44. The van der Waals surface area contributed by atoms with Crippen LogP contribution in [0.25, 0.3) is 0 Å². The summed E-state index contributed by atoms with van der Waals surface area (Å²) in [6.45, 7) is 3.44. The maximum Gasteiger partial charge on any atom is 0.306 e. The molecule has 0 saturated carbocycles. The van der Waals surface area contributed by atoms with Crippen molar-refractivity contribution in [3.05, 3.63) is 0 Å². The first-order valence-corrected chi connectivity index (χ1v) is 22.1. The lowest BCUT2D eigenvalue weighted by molar-refractivity contribution is -0.305. The molecule has 0 aromatic heterocycles. The number of esters is 2. The second-order valence-corrected chi connectivity index (χ2v) is 15.5. The molecule has 53 heavy (non-hydrogen) atoms. The Kier molecular flexibility index (Phi) is 33.0. The summed E-state index contributed by atoms with van der Waals surface area (Å²) in [5.41, 5.74) is 0. The summed E-state index contributed by atoms with van der Waals surface area (Å²) in [5.74, 6) is -0.793. The largest absolute Gasteiger partial charge is 0.462 e. The monoisotopic (exact) mass is 759 g/mol. The normalized spacial score (nSPS) is 20.8. The van der Waals surface area contributed by atoms with Gasteiger partial charge >= 0.3 is 11.9 Å². The van der Waals surface area contributed by atoms with Crippen LogP contribution in [0.3, 0.4) is 0 Å². The minimum absolute atomic E-state index is 0.209. The molecule has 4 N–H and O–H groups in total.